The molecular formula is C30H28O2. The van der Waals surface area contributed by atoms with Crippen LogP contribution >= 0.6 is 0 Å². The molecule has 0 aliphatic heterocycles. The number of aryl methyl sites for hydroxylation is 2. The number of hydrogen-bond donors (Lipinski definition) is 2. The average molecular weight is 421 g/mol. The van der Waals surface area contributed by atoms with Gasteiger partial charge in [-0.15, -0.1) is 0 Å². The van der Waals surface area contributed by atoms with Crippen LogP contribution in [0.25, 0.3) is 0 Å². The SMILES string of the molecule is CCc1cc(C2(c3ccc(O)c(CC)c3)c3ccccc3Cc3ccccc32)ccc1O. The van der Waals surface area contributed by atoms with E-state index >= 15 is 0 Å². The fourth-order valence-corrected chi connectivity index (χ4v) is 5.42. The number of phenols is 2. The molecule has 0 atom stereocenters. The molecule has 32 heavy (non-hydrogen) atoms. The molecule has 5 rings (SSSR count). The van der Waals surface area contributed by atoms with Gasteiger partial charge in [-0.25, -0.2) is 0 Å². The molecule has 0 amide bonds. The van der Waals surface area contributed by atoms with Gasteiger partial charge in [-0.05, 0) is 75.9 Å². The zero-order valence-electron chi connectivity index (χ0n) is 18.6. The number of hydrogen-bond acceptors (Lipinski definition) is 2. The molecule has 0 aromatic heterocycles. The Morgan fingerprint density at radius 3 is 1.50 bits per heavy atom. The van der Waals surface area contributed by atoms with Crippen LogP contribution in [-0.4, -0.2) is 10.2 Å². The molecule has 4 aromatic rings. The summed E-state index contributed by atoms with van der Waals surface area (Å²) >= 11 is 0. The van der Waals surface area contributed by atoms with E-state index < -0.39 is 5.41 Å². The fourth-order valence-electron chi connectivity index (χ4n) is 5.42. The third-order valence-corrected chi connectivity index (χ3v) is 7.01. The molecule has 0 spiro atoms. The van der Waals surface area contributed by atoms with Crippen molar-refractivity contribution in [1.29, 1.82) is 0 Å². The van der Waals surface area contributed by atoms with E-state index in [4.69, 9.17) is 0 Å². The van der Waals surface area contributed by atoms with Crippen molar-refractivity contribution in [2.45, 2.75) is 38.5 Å². The second kappa shape index (κ2) is 7.87. The summed E-state index contributed by atoms with van der Waals surface area (Å²) in [6, 6.07) is 29.5. The minimum Gasteiger partial charge on any atom is -0.508 e. The van der Waals surface area contributed by atoms with Gasteiger partial charge in [0.1, 0.15) is 11.5 Å². The Kier molecular flexibility index (Phi) is 5.01. The van der Waals surface area contributed by atoms with Crippen LogP contribution in [0.5, 0.6) is 11.5 Å². The van der Waals surface area contributed by atoms with Gasteiger partial charge in [0.05, 0.1) is 5.41 Å². The molecule has 0 fully saturated rings. The zero-order chi connectivity index (χ0) is 22.3. The summed E-state index contributed by atoms with van der Waals surface area (Å²) in [4.78, 5) is 0. The molecule has 0 radical (unpaired) electrons. The lowest BCUT2D eigenvalue weighted by molar-refractivity contribution is 0.468. The van der Waals surface area contributed by atoms with Crippen molar-refractivity contribution >= 4 is 0 Å². The predicted molar refractivity (Wildman–Crippen MR) is 130 cm³/mol. The first-order valence-electron chi connectivity index (χ1n) is 11.4. The Bertz CT molecular complexity index is 1200. The van der Waals surface area contributed by atoms with E-state index in [1.807, 2.05) is 12.1 Å². The van der Waals surface area contributed by atoms with Crippen molar-refractivity contribution in [2.75, 3.05) is 0 Å². The van der Waals surface area contributed by atoms with Crippen LogP contribution < -0.4 is 0 Å². The second-order valence-electron chi connectivity index (χ2n) is 8.64. The van der Waals surface area contributed by atoms with Gasteiger partial charge in [0.15, 0.2) is 0 Å². The summed E-state index contributed by atoms with van der Waals surface area (Å²) in [5.41, 5.74) is 8.78. The minimum atomic E-state index is -0.527. The topological polar surface area (TPSA) is 40.5 Å². The van der Waals surface area contributed by atoms with Gasteiger partial charge < -0.3 is 10.2 Å². The highest BCUT2D eigenvalue weighted by Crippen LogP contribution is 2.51. The molecule has 0 saturated carbocycles. The summed E-state index contributed by atoms with van der Waals surface area (Å²) in [5, 5.41) is 20.9. The molecule has 4 aromatic carbocycles. The van der Waals surface area contributed by atoms with E-state index in [0.717, 1.165) is 41.5 Å². The monoisotopic (exact) mass is 420 g/mol. The lowest BCUT2D eigenvalue weighted by Crippen LogP contribution is -2.36. The molecule has 1 aliphatic carbocycles. The highest BCUT2D eigenvalue weighted by Gasteiger charge is 2.44. The summed E-state index contributed by atoms with van der Waals surface area (Å²) in [7, 11) is 0. The highest BCUT2D eigenvalue weighted by molar-refractivity contribution is 5.68. The average Bonchev–Trinajstić information content (AvgIpc) is 2.83. The summed E-state index contributed by atoms with van der Waals surface area (Å²) in [5.74, 6) is 0.674. The van der Waals surface area contributed by atoms with Crippen LogP contribution in [0, 0.1) is 0 Å². The van der Waals surface area contributed by atoms with Gasteiger partial charge in [-0.2, -0.15) is 0 Å². The molecule has 0 bridgehead atoms. The summed E-state index contributed by atoms with van der Waals surface area (Å²) in [6.45, 7) is 4.15. The van der Waals surface area contributed by atoms with Crippen molar-refractivity contribution in [3.8, 4) is 11.5 Å². The predicted octanol–water partition coefficient (Wildman–Crippen LogP) is 6.51. The molecule has 0 saturated heterocycles. The van der Waals surface area contributed by atoms with Crippen LogP contribution in [0.15, 0.2) is 84.9 Å². The van der Waals surface area contributed by atoms with Crippen LogP contribution in [-0.2, 0) is 24.7 Å². The van der Waals surface area contributed by atoms with E-state index in [1.54, 1.807) is 0 Å². The van der Waals surface area contributed by atoms with Gasteiger partial charge in [-0.3, -0.25) is 0 Å². The number of benzene rings is 4. The Labute approximate surface area is 189 Å². The first-order valence-corrected chi connectivity index (χ1v) is 11.4. The van der Waals surface area contributed by atoms with Crippen molar-refractivity contribution < 1.29 is 10.2 Å². The number of fused-ring (bicyclic) bond motifs is 2. The van der Waals surface area contributed by atoms with E-state index in [2.05, 4.69) is 86.6 Å². The number of phenolic OH excluding ortho intramolecular Hbond substituents is 2. The van der Waals surface area contributed by atoms with E-state index in [-0.39, 0.29) is 0 Å². The largest absolute Gasteiger partial charge is 0.508 e. The smallest absolute Gasteiger partial charge is 0.118 e. The molecule has 0 heterocycles. The van der Waals surface area contributed by atoms with Crippen LogP contribution in [0.4, 0.5) is 0 Å². The lowest BCUT2D eigenvalue weighted by Gasteiger charge is -2.42. The zero-order valence-corrected chi connectivity index (χ0v) is 18.6. The Morgan fingerprint density at radius 1 is 0.625 bits per heavy atom. The number of aromatic hydroxyl groups is 2. The molecule has 160 valence electrons. The number of rotatable bonds is 4. The maximum absolute atomic E-state index is 10.5. The van der Waals surface area contributed by atoms with E-state index in [0.29, 0.717) is 11.5 Å². The van der Waals surface area contributed by atoms with Gasteiger partial charge >= 0.3 is 0 Å². The van der Waals surface area contributed by atoms with Gasteiger partial charge in [0.25, 0.3) is 0 Å². The Morgan fingerprint density at radius 2 is 1.06 bits per heavy atom. The quantitative estimate of drug-likeness (QED) is 0.348. The lowest BCUT2D eigenvalue weighted by atomic mass is 9.59. The van der Waals surface area contributed by atoms with Gasteiger partial charge in [-0.1, -0.05) is 86.6 Å². The molecule has 1 aliphatic rings. The maximum Gasteiger partial charge on any atom is 0.118 e. The van der Waals surface area contributed by atoms with Gasteiger partial charge in [0, 0.05) is 0 Å². The maximum atomic E-state index is 10.5. The second-order valence-corrected chi connectivity index (χ2v) is 8.64. The third-order valence-electron chi connectivity index (χ3n) is 7.01. The molecular weight excluding hydrogens is 392 g/mol. The van der Waals surface area contributed by atoms with Crippen molar-refractivity contribution in [2.24, 2.45) is 0 Å². The van der Waals surface area contributed by atoms with Crippen molar-refractivity contribution in [1.82, 2.24) is 0 Å². The molecule has 0 unspecified atom stereocenters. The Balaban J connectivity index is 1.96. The van der Waals surface area contributed by atoms with Crippen LogP contribution in [0.1, 0.15) is 58.4 Å². The first kappa shape index (κ1) is 20.4. The summed E-state index contributed by atoms with van der Waals surface area (Å²) in [6.07, 6.45) is 2.41. The fraction of sp³-hybridized carbons (Fsp3) is 0.200. The van der Waals surface area contributed by atoms with Crippen LogP contribution in [0.2, 0.25) is 0 Å². The highest BCUT2D eigenvalue weighted by atomic mass is 16.3. The summed E-state index contributed by atoms with van der Waals surface area (Å²) < 4.78 is 0. The van der Waals surface area contributed by atoms with E-state index in [1.165, 1.54) is 22.3 Å². The van der Waals surface area contributed by atoms with Crippen molar-refractivity contribution in [3.63, 3.8) is 0 Å². The van der Waals surface area contributed by atoms with Crippen LogP contribution in [0.3, 0.4) is 0 Å². The molecule has 2 nitrogen and oxygen atoms in total. The van der Waals surface area contributed by atoms with Crippen molar-refractivity contribution in [3.05, 3.63) is 129 Å². The molecule has 2 heteroatoms. The Hall–Kier alpha value is -3.52. The first-order chi connectivity index (χ1) is 15.6. The standard InChI is InChI=1S/C30H28O2/c1-3-20-18-24(13-15-28(20)31)30(25-14-16-29(32)21(4-2)19-25)26-11-7-5-9-22(26)17-23-10-6-8-12-27(23)30/h5-16,18-19,31-32H,3-4,17H2,1-2H3. The normalized spacial score (nSPS) is 13.9. The molecule has 2 N–H and O–H groups in total. The van der Waals surface area contributed by atoms with E-state index in [9.17, 15) is 10.2 Å². The van der Waals surface area contributed by atoms with Gasteiger partial charge in [0.2, 0.25) is 0 Å². The minimum absolute atomic E-state index is 0.337. The third kappa shape index (κ3) is 2.94.